The minimum Gasteiger partial charge on any atom is -0.453 e. The predicted molar refractivity (Wildman–Crippen MR) is 162 cm³/mol. The van der Waals surface area contributed by atoms with Crippen LogP contribution in [0.15, 0.2) is 19.7 Å². The van der Waals surface area contributed by atoms with Crippen LogP contribution in [0.4, 0.5) is 5.69 Å². The monoisotopic (exact) mass is 614 g/mol. The van der Waals surface area contributed by atoms with Gasteiger partial charge in [-0.15, -0.1) is 11.3 Å². The lowest BCUT2D eigenvalue weighted by atomic mass is 9.82. The number of morpholine rings is 1. The van der Waals surface area contributed by atoms with Crippen LogP contribution in [0, 0.1) is 36.0 Å². The lowest BCUT2D eigenvalue weighted by Gasteiger charge is -2.38. The van der Waals surface area contributed by atoms with Crippen molar-refractivity contribution in [2.24, 2.45) is 17.3 Å². The first-order valence-electron chi connectivity index (χ1n) is 15.0. The quantitative estimate of drug-likeness (QED) is 0.296. The maximum Gasteiger partial charge on any atom is 0.519 e. The van der Waals surface area contributed by atoms with Crippen LogP contribution >= 0.6 is 11.3 Å². The van der Waals surface area contributed by atoms with E-state index >= 15 is 0 Å². The molecule has 43 heavy (non-hydrogen) atoms. The Morgan fingerprint density at radius 3 is 2.40 bits per heavy atom. The number of hydrogen-bond donors (Lipinski definition) is 0. The summed E-state index contributed by atoms with van der Waals surface area (Å²) >= 11 is 1.12. The summed E-state index contributed by atoms with van der Waals surface area (Å²) in [5.74, 6) is 4.99. The van der Waals surface area contributed by atoms with E-state index in [0.29, 0.717) is 49.2 Å². The van der Waals surface area contributed by atoms with Crippen LogP contribution in [-0.2, 0) is 25.7 Å². The number of thiophene rings is 1. The Morgan fingerprint density at radius 2 is 1.81 bits per heavy atom. The Balaban J connectivity index is 1.78. The zero-order chi connectivity index (χ0) is 31.3. The van der Waals surface area contributed by atoms with Crippen molar-refractivity contribution >= 4 is 34.8 Å². The van der Waals surface area contributed by atoms with Gasteiger partial charge in [-0.3, -0.25) is 14.5 Å². The molecule has 2 fully saturated rings. The first-order chi connectivity index (χ1) is 20.4. The van der Waals surface area contributed by atoms with Crippen molar-refractivity contribution in [3.63, 3.8) is 0 Å². The molecule has 2 aromatic heterocycles. The molecule has 2 aliphatic rings. The smallest absolute Gasteiger partial charge is 0.453 e. The van der Waals surface area contributed by atoms with Crippen LogP contribution < -0.4 is 10.7 Å². The third kappa shape index (κ3) is 8.18. The number of hydrogen-bond acceptors (Lipinski definition) is 9. The molecule has 4 rings (SSSR count). The van der Waals surface area contributed by atoms with Crippen LogP contribution in [0.1, 0.15) is 92.8 Å². The standard InChI is InChI=1S/C32H42N2O8S/c1-7-24(29(36)33-14-16-39-17-15-33)34(28(35)22-10-8-20(2)9-11-22)25-18-23(12-13-32(4,5)6)43-27(25)30(37)40-19-26-21(3)41-31(38)42-26/h18,20,22,24H,7-11,14-17,19H2,1-6H3/t20-,22-,24-/m0/s1. The summed E-state index contributed by atoms with van der Waals surface area (Å²) in [5.41, 5.74) is 0.0175. The van der Waals surface area contributed by atoms with Crippen molar-refractivity contribution in [2.75, 3.05) is 31.2 Å². The second kappa shape index (κ2) is 14.0. The molecule has 1 saturated heterocycles. The van der Waals surface area contributed by atoms with Gasteiger partial charge in [0.15, 0.2) is 18.1 Å². The summed E-state index contributed by atoms with van der Waals surface area (Å²) in [6.45, 7) is 13.0. The van der Waals surface area contributed by atoms with Crippen molar-refractivity contribution in [3.8, 4) is 11.8 Å². The molecule has 1 aliphatic heterocycles. The Labute approximate surface area is 256 Å². The molecule has 0 spiro atoms. The second-order valence-corrected chi connectivity index (χ2v) is 13.4. The van der Waals surface area contributed by atoms with Gasteiger partial charge in [0.2, 0.25) is 11.8 Å². The van der Waals surface area contributed by atoms with Crippen LogP contribution in [0.2, 0.25) is 0 Å². The van der Waals surface area contributed by atoms with Crippen molar-refractivity contribution in [3.05, 3.63) is 38.0 Å². The lowest BCUT2D eigenvalue weighted by molar-refractivity contribution is -0.139. The molecule has 0 N–H and O–H groups in total. The van der Waals surface area contributed by atoms with Crippen molar-refractivity contribution in [1.29, 1.82) is 0 Å². The molecule has 0 unspecified atom stereocenters. The summed E-state index contributed by atoms with van der Waals surface area (Å²) in [6.07, 6.45) is 3.65. The molecule has 1 aliphatic carbocycles. The van der Waals surface area contributed by atoms with E-state index in [1.165, 1.54) is 4.90 Å². The Hall–Kier alpha value is -3.36. The summed E-state index contributed by atoms with van der Waals surface area (Å²) in [4.78, 5) is 57.5. The number of carbonyl (C=O) groups is 3. The van der Waals surface area contributed by atoms with E-state index in [2.05, 4.69) is 18.8 Å². The van der Waals surface area contributed by atoms with E-state index in [0.717, 1.165) is 37.0 Å². The average Bonchev–Trinajstić information content (AvgIpc) is 3.55. The zero-order valence-corrected chi connectivity index (χ0v) is 26.8. The van der Waals surface area contributed by atoms with Gasteiger partial charge in [-0.25, -0.2) is 9.59 Å². The minimum absolute atomic E-state index is 0.0994. The van der Waals surface area contributed by atoms with Gasteiger partial charge in [-0.05, 0) is 71.8 Å². The molecule has 0 radical (unpaired) electrons. The van der Waals surface area contributed by atoms with Crippen molar-refractivity contribution in [2.45, 2.75) is 86.3 Å². The van der Waals surface area contributed by atoms with Gasteiger partial charge >= 0.3 is 11.8 Å². The normalized spacial score (nSPS) is 19.7. The van der Waals surface area contributed by atoms with Crippen molar-refractivity contribution in [1.82, 2.24) is 4.90 Å². The molecule has 10 nitrogen and oxygen atoms in total. The fraction of sp³-hybridized carbons (Fsp3) is 0.625. The van der Waals surface area contributed by atoms with Crippen LogP contribution in [0.3, 0.4) is 0 Å². The number of nitrogens with zero attached hydrogens (tertiary/aromatic N) is 2. The minimum atomic E-state index is -0.883. The summed E-state index contributed by atoms with van der Waals surface area (Å²) in [5, 5.41) is 0. The molecule has 0 bridgehead atoms. The van der Waals surface area contributed by atoms with E-state index in [9.17, 15) is 19.2 Å². The van der Waals surface area contributed by atoms with Gasteiger partial charge in [0.1, 0.15) is 10.9 Å². The third-order valence-electron chi connectivity index (χ3n) is 7.80. The summed E-state index contributed by atoms with van der Waals surface area (Å²) < 4.78 is 20.9. The average molecular weight is 615 g/mol. The van der Waals surface area contributed by atoms with Crippen LogP contribution in [-0.4, -0.2) is 55.0 Å². The highest BCUT2D eigenvalue weighted by atomic mass is 32.1. The van der Waals surface area contributed by atoms with Gasteiger partial charge in [-0.1, -0.05) is 25.7 Å². The van der Waals surface area contributed by atoms with Gasteiger partial charge in [0.25, 0.3) is 0 Å². The van der Waals surface area contributed by atoms with Crippen LogP contribution in [0.5, 0.6) is 0 Å². The third-order valence-corrected chi connectivity index (χ3v) is 8.82. The van der Waals surface area contributed by atoms with E-state index in [1.807, 2.05) is 27.7 Å². The highest BCUT2D eigenvalue weighted by Crippen LogP contribution is 2.37. The predicted octanol–water partition coefficient (Wildman–Crippen LogP) is 5.15. The molecule has 2 aromatic rings. The molecular formula is C32H42N2O8S. The first-order valence-corrected chi connectivity index (χ1v) is 15.8. The van der Waals surface area contributed by atoms with Crippen molar-refractivity contribution < 1.29 is 32.7 Å². The van der Waals surface area contributed by atoms with Gasteiger partial charge < -0.3 is 23.2 Å². The lowest BCUT2D eigenvalue weighted by Crippen LogP contribution is -2.55. The van der Waals surface area contributed by atoms with Crippen LogP contribution in [0.25, 0.3) is 0 Å². The Kier molecular flexibility index (Phi) is 10.6. The molecule has 1 saturated carbocycles. The molecule has 1 atom stereocenters. The Morgan fingerprint density at radius 1 is 1.14 bits per heavy atom. The number of amides is 2. The van der Waals surface area contributed by atoms with E-state index in [-0.39, 0.29) is 46.2 Å². The van der Waals surface area contributed by atoms with E-state index in [1.54, 1.807) is 17.9 Å². The topological polar surface area (TPSA) is 120 Å². The highest BCUT2D eigenvalue weighted by Gasteiger charge is 2.40. The number of ether oxygens (including phenoxy) is 2. The first kappa shape index (κ1) is 32.6. The molecule has 3 heterocycles. The van der Waals surface area contributed by atoms with Gasteiger partial charge in [0, 0.05) is 24.4 Å². The summed E-state index contributed by atoms with van der Waals surface area (Å²) in [7, 11) is 0. The fourth-order valence-corrected chi connectivity index (χ4v) is 6.22. The molecule has 0 aromatic carbocycles. The number of anilines is 1. The second-order valence-electron chi connectivity index (χ2n) is 12.4. The van der Waals surface area contributed by atoms with Gasteiger partial charge in [-0.2, -0.15) is 0 Å². The molecular weight excluding hydrogens is 572 g/mol. The molecule has 2 amide bonds. The maximum absolute atomic E-state index is 14.4. The van der Waals surface area contributed by atoms with E-state index < -0.39 is 17.8 Å². The largest absolute Gasteiger partial charge is 0.519 e. The molecule has 11 heteroatoms. The number of rotatable bonds is 8. The Bertz CT molecular complexity index is 1420. The number of esters is 1. The maximum atomic E-state index is 14.4. The highest BCUT2D eigenvalue weighted by molar-refractivity contribution is 7.15. The fourth-order valence-electron chi connectivity index (χ4n) is 5.33. The number of aryl methyl sites for hydroxylation is 1. The molecule has 234 valence electrons. The number of carbonyl (C=O) groups excluding carboxylic acids is 3. The van der Waals surface area contributed by atoms with E-state index in [4.69, 9.17) is 18.3 Å². The summed E-state index contributed by atoms with van der Waals surface area (Å²) in [6, 6.07) is 0.908. The van der Waals surface area contributed by atoms with Gasteiger partial charge in [0.05, 0.1) is 23.8 Å². The SMILES string of the molecule is CC[C@@H](C(=O)N1CCOCC1)N(c1cc(C#CC(C)(C)C)sc1C(=O)OCc1oc(=O)oc1C)C(=O)[C@H]1CC[C@H](C)CC1. The zero-order valence-electron chi connectivity index (χ0n) is 25.9.